The predicted octanol–water partition coefficient (Wildman–Crippen LogP) is 3.11. The molecular formula is C15H16O2. The second kappa shape index (κ2) is 5.51. The Morgan fingerprint density at radius 1 is 0.941 bits per heavy atom. The average molecular weight is 228 g/mol. The van der Waals surface area contributed by atoms with Crippen LogP contribution in [0.4, 0.5) is 0 Å². The number of hydrogen-bond acceptors (Lipinski definition) is 2. The van der Waals surface area contributed by atoms with Gasteiger partial charge in [0.1, 0.15) is 11.9 Å². The third-order valence-electron chi connectivity index (χ3n) is 2.56. The molecule has 1 N–H and O–H groups in total. The minimum atomic E-state index is -0.169. The molecule has 0 heterocycles. The van der Waals surface area contributed by atoms with Gasteiger partial charge in [-0.2, -0.15) is 0 Å². The molecule has 0 radical (unpaired) electrons. The van der Waals surface area contributed by atoms with Crippen molar-refractivity contribution in [2.24, 2.45) is 0 Å². The van der Waals surface area contributed by atoms with E-state index >= 15 is 0 Å². The van der Waals surface area contributed by atoms with Gasteiger partial charge < -0.3 is 9.84 Å². The zero-order valence-electron chi connectivity index (χ0n) is 9.84. The predicted molar refractivity (Wildman–Crippen MR) is 69.1 cm³/mol. The third-order valence-corrected chi connectivity index (χ3v) is 2.56. The first-order valence-electron chi connectivity index (χ1n) is 5.72. The van der Waals surface area contributed by atoms with E-state index in [1.807, 2.05) is 49.4 Å². The first-order valence-corrected chi connectivity index (χ1v) is 5.72. The minimum Gasteiger partial charge on any atom is -0.488 e. The first kappa shape index (κ1) is 11.7. The van der Waals surface area contributed by atoms with Gasteiger partial charge in [-0.15, -0.1) is 0 Å². The molecule has 0 bridgehead atoms. The number of aliphatic hydroxyl groups excluding tert-OH is 1. The molecular weight excluding hydrogens is 212 g/mol. The van der Waals surface area contributed by atoms with Crippen LogP contribution in [0.2, 0.25) is 0 Å². The molecule has 0 aliphatic rings. The maximum atomic E-state index is 8.90. The lowest BCUT2D eigenvalue weighted by Gasteiger charge is -2.12. The summed E-state index contributed by atoms with van der Waals surface area (Å²) < 4.78 is 5.50. The summed E-state index contributed by atoms with van der Waals surface area (Å²) in [7, 11) is 0. The Morgan fingerprint density at radius 2 is 1.53 bits per heavy atom. The summed E-state index contributed by atoms with van der Waals surface area (Å²) in [6.45, 7) is 1.87. The molecule has 0 fully saturated rings. The van der Waals surface area contributed by atoms with Gasteiger partial charge in [0, 0.05) is 0 Å². The van der Waals surface area contributed by atoms with Crippen molar-refractivity contribution in [3.8, 4) is 16.9 Å². The molecule has 2 nitrogen and oxygen atoms in total. The standard InChI is InChI=1S/C15H16O2/c1-12(11-16)17-15-9-7-14(8-10-15)13-5-3-2-4-6-13/h2-10,12,16H,11H2,1H3/t12-/m0/s1. The van der Waals surface area contributed by atoms with Gasteiger partial charge in [0.15, 0.2) is 0 Å². The van der Waals surface area contributed by atoms with Crippen LogP contribution >= 0.6 is 0 Å². The van der Waals surface area contributed by atoms with E-state index in [1.165, 1.54) is 5.56 Å². The Labute approximate surface area is 101 Å². The van der Waals surface area contributed by atoms with Crippen LogP contribution in [0, 0.1) is 0 Å². The Bertz CT molecular complexity index is 448. The maximum absolute atomic E-state index is 8.90. The largest absolute Gasteiger partial charge is 0.488 e. The molecule has 0 unspecified atom stereocenters. The van der Waals surface area contributed by atoms with E-state index in [-0.39, 0.29) is 12.7 Å². The van der Waals surface area contributed by atoms with Crippen molar-refractivity contribution in [3.63, 3.8) is 0 Å². The highest BCUT2D eigenvalue weighted by Crippen LogP contribution is 2.22. The summed E-state index contributed by atoms with van der Waals surface area (Å²) in [6.07, 6.45) is -0.169. The van der Waals surface area contributed by atoms with Gasteiger partial charge in [0.25, 0.3) is 0 Å². The van der Waals surface area contributed by atoms with Crippen molar-refractivity contribution in [2.75, 3.05) is 6.61 Å². The van der Waals surface area contributed by atoms with E-state index in [9.17, 15) is 0 Å². The molecule has 0 aromatic heterocycles. The molecule has 0 amide bonds. The summed E-state index contributed by atoms with van der Waals surface area (Å²) in [5, 5.41) is 8.90. The lowest BCUT2D eigenvalue weighted by molar-refractivity contribution is 0.130. The third kappa shape index (κ3) is 3.08. The van der Waals surface area contributed by atoms with Crippen LogP contribution in [0.15, 0.2) is 54.6 Å². The molecule has 2 aromatic rings. The first-order chi connectivity index (χ1) is 8.29. The SMILES string of the molecule is C[C@@H](CO)Oc1ccc(-c2ccccc2)cc1. The van der Waals surface area contributed by atoms with E-state index in [4.69, 9.17) is 9.84 Å². The normalized spacial score (nSPS) is 12.1. The van der Waals surface area contributed by atoms with Crippen molar-refractivity contribution >= 4 is 0 Å². The second-order valence-corrected chi connectivity index (χ2v) is 4.00. The molecule has 0 aliphatic heterocycles. The average Bonchev–Trinajstić information content (AvgIpc) is 2.40. The van der Waals surface area contributed by atoms with Crippen molar-refractivity contribution in [3.05, 3.63) is 54.6 Å². The second-order valence-electron chi connectivity index (χ2n) is 4.00. The van der Waals surface area contributed by atoms with Crippen LogP contribution in [0.1, 0.15) is 6.92 Å². The van der Waals surface area contributed by atoms with Crippen LogP contribution in [0.5, 0.6) is 5.75 Å². The van der Waals surface area contributed by atoms with Gasteiger partial charge in [0.2, 0.25) is 0 Å². The van der Waals surface area contributed by atoms with Gasteiger partial charge in [-0.3, -0.25) is 0 Å². The molecule has 1 atom stereocenters. The van der Waals surface area contributed by atoms with Crippen molar-refractivity contribution in [1.82, 2.24) is 0 Å². The summed E-state index contributed by atoms with van der Waals surface area (Å²) in [6, 6.07) is 18.1. The van der Waals surface area contributed by atoms with Crippen LogP contribution in [-0.4, -0.2) is 17.8 Å². The Morgan fingerprint density at radius 3 is 2.12 bits per heavy atom. The molecule has 2 heteroatoms. The lowest BCUT2D eigenvalue weighted by Crippen LogP contribution is -2.15. The summed E-state index contributed by atoms with van der Waals surface area (Å²) in [4.78, 5) is 0. The van der Waals surface area contributed by atoms with E-state index in [0.29, 0.717) is 0 Å². The summed E-state index contributed by atoms with van der Waals surface area (Å²) >= 11 is 0. The molecule has 0 spiro atoms. The molecule has 17 heavy (non-hydrogen) atoms. The van der Waals surface area contributed by atoms with E-state index in [2.05, 4.69) is 12.1 Å². The molecule has 2 rings (SSSR count). The van der Waals surface area contributed by atoms with Crippen LogP contribution < -0.4 is 4.74 Å². The number of rotatable bonds is 4. The molecule has 0 aliphatic carbocycles. The molecule has 2 aromatic carbocycles. The van der Waals surface area contributed by atoms with Crippen molar-refractivity contribution < 1.29 is 9.84 Å². The highest BCUT2D eigenvalue weighted by atomic mass is 16.5. The highest BCUT2D eigenvalue weighted by Gasteiger charge is 2.02. The number of hydrogen-bond donors (Lipinski definition) is 1. The fourth-order valence-electron chi connectivity index (χ4n) is 1.63. The van der Waals surface area contributed by atoms with Crippen LogP contribution in [0.25, 0.3) is 11.1 Å². The van der Waals surface area contributed by atoms with Crippen LogP contribution in [-0.2, 0) is 0 Å². The number of ether oxygens (including phenoxy) is 1. The van der Waals surface area contributed by atoms with Crippen molar-refractivity contribution in [2.45, 2.75) is 13.0 Å². The minimum absolute atomic E-state index is 0.0282. The fraction of sp³-hybridized carbons (Fsp3) is 0.200. The van der Waals surface area contributed by atoms with Gasteiger partial charge in [0.05, 0.1) is 6.61 Å². The lowest BCUT2D eigenvalue weighted by atomic mass is 10.1. The zero-order chi connectivity index (χ0) is 12.1. The number of aliphatic hydroxyl groups is 1. The number of benzene rings is 2. The van der Waals surface area contributed by atoms with Gasteiger partial charge in [-0.25, -0.2) is 0 Å². The molecule has 0 saturated heterocycles. The summed E-state index contributed by atoms with van der Waals surface area (Å²) in [5.74, 6) is 0.784. The molecule has 88 valence electrons. The van der Waals surface area contributed by atoms with E-state index in [0.717, 1.165) is 11.3 Å². The summed E-state index contributed by atoms with van der Waals surface area (Å²) in [5.41, 5.74) is 2.35. The fourth-order valence-corrected chi connectivity index (χ4v) is 1.63. The zero-order valence-corrected chi connectivity index (χ0v) is 9.84. The van der Waals surface area contributed by atoms with E-state index in [1.54, 1.807) is 0 Å². The van der Waals surface area contributed by atoms with Crippen LogP contribution in [0.3, 0.4) is 0 Å². The van der Waals surface area contributed by atoms with Gasteiger partial charge >= 0.3 is 0 Å². The van der Waals surface area contributed by atoms with E-state index < -0.39 is 0 Å². The molecule has 0 saturated carbocycles. The van der Waals surface area contributed by atoms with Crippen molar-refractivity contribution in [1.29, 1.82) is 0 Å². The topological polar surface area (TPSA) is 29.5 Å². The Kier molecular flexibility index (Phi) is 3.78. The smallest absolute Gasteiger partial charge is 0.119 e. The van der Waals surface area contributed by atoms with Gasteiger partial charge in [-0.05, 0) is 30.2 Å². The monoisotopic (exact) mass is 228 g/mol. The quantitative estimate of drug-likeness (QED) is 0.871. The van der Waals surface area contributed by atoms with Gasteiger partial charge in [-0.1, -0.05) is 42.5 Å². The Hall–Kier alpha value is -1.80. The Balaban J connectivity index is 2.13. The highest BCUT2D eigenvalue weighted by molar-refractivity contribution is 5.63. The maximum Gasteiger partial charge on any atom is 0.119 e.